The lowest BCUT2D eigenvalue weighted by Crippen LogP contribution is -2.46. The minimum absolute atomic E-state index is 0.0395. The van der Waals surface area contributed by atoms with Crippen LogP contribution in [-0.4, -0.2) is 5.91 Å². The predicted octanol–water partition coefficient (Wildman–Crippen LogP) is 5.40. The summed E-state index contributed by atoms with van der Waals surface area (Å²) in [5.74, 6) is 0.758. The Labute approximate surface area is 184 Å². The van der Waals surface area contributed by atoms with Gasteiger partial charge in [-0.05, 0) is 23.6 Å². The van der Waals surface area contributed by atoms with E-state index >= 15 is 0 Å². The summed E-state index contributed by atoms with van der Waals surface area (Å²) in [6.07, 6.45) is -0.652. The van der Waals surface area contributed by atoms with E-state index in [-0.39, 0.29) is 10.6 Å². The Balaban J connectivity index is 1.68. The molecular formula is C25H17N3O2S. The number of thiol groups is 1. The van der Waals surface area contributed by atoms with Crippen molar-refractivity contribution < 1.29 is 9.21 Å². The highest BCUT2D eigenvalue weighted by molar-refractivity contribution is 7.84. The zero-order valence-corrected chi connectivity index (χ0v) is 17.2. The first-order valence-electron chi connectivity index (χ1n) is 9.74. The maximum Gasteiger partial charge on any atom is 0.266 e. The van der Waals surface area contributed by atoms with Crippen molar-refractivity contribution in [1.82, 2.24) is 5.32 Å². The van der Waals surface area contributed by atoms with Crippen LogP contribution in [0.15, 0.2) is 99.9 Å². The van der Waals surface area contributed by atoms with E-state index in [9.17, 15) is 10.1 Å². The lowest BCUT2D eigenvalue weighted by Gasteiger charge is -2.37. The summed E-state index contributed by atoms with van der Waals surface area (Å²) in [6, 6.07) is 29.3. The summed E-state index contributed by atoms with van der Waals surface area (Å²) in [5, 5.41) is 14.8. The van der Waals surface area contributed by atoms with Crippen molar-refractivity contribution in [2.45, 2.75) is 6.17 Å². The first-order chi connectivity index (χ1) is 15.2. The van der Waals surface area contributed by atoms with Gasteiger partial charge in [-0.1, -0.05) is 66.7 Å². The molecule has 0 saturated heterocycles. The molecule has 0 saturated carbocycles. The van der Waals surface area contributed by atoms with Gasteiger partial charge in [0.2, 0.25) is 0 Å². The van der Waals surface area contributed by atoms with Gasteiger partial charge in [-0.3, -0.25) is 4.79 Å². The molecule has 5 nitrogen and oxygen atoms in total. The number of furan rings is 1. The number of hydrogen-bond acceptors (Lipinski definition) is 5. The van der Waals surface area contributed by atoms with Gasteiger partial charge in [-0.15, -0.1) is 12.6 Å². The van der Waals surface area contributed by atoms with Crippen LogP contribution in [0.25, 0.3) is 22.1 Å². The Bertz CT molecular complexity index is 1360. The minimum Gasteiger partial charge on any atom is -0.457 e. The highest BCUT2D eigenvalue weighted by Crippen LogP contribution is 2.40. The summed E-state index contributed by atoms with van der Waals surface area (Å²) in [4.78, 5) is 14.5. The van der Waals surface area contributed by atoms with Gasteiger partial charge >= 0.3 is 0 Å². The highest BCUT2D eigenvalue weighted by Gasteiger charge is 2.36. The third kappa shape index (κ3) is 3.25. The van der Waals surface area contributed by atoms with Crippen molar-refractivity contribution in [2.75, 3.05) is 4.90 Å². The lowest BCUT2D eigenvalue weighted by atomic mass is 10.1. The van der Waals surface area contributed by atoms with Crippen LogP contribution in [0.3, 0.4) is 0 Å². The number of benzene rings is 3. The smallest absolute Gasteiger partial charge is 0.266 e. The predicted molar refractivity (Wildman–Crippen MR) is 123 cm³/mol. The molecule has 6 heteroatoms. The molecule has 0 fully saturated rings. The van der Waals surface area contributed by atoms with Gasteiger partial charge in [0.1, 0.15) is 23.2 Å². The van der Waals surface area contributed by atoms with Gasteiger partial charge in [0.05, 0.1) is 10.7 Å². The summed E-state index contributed by atoms with van der Waals surface area (Å²) < 4.78 is 6.14. The summed E-state index contributed by atoms with van der Waals surface area (Å²) in [7, 11) is 0. The summed E-state index contributed by atoms with van der Waals surface area (Å²) in [6.45, 7) is 0. The van der Waals surface area contributed by atoms with Gasteiger partial charge in [0.25, 0.3) is 5.91 Å². The molecule has 5 rings (SSSR count). The minimum atomic E-state index is -0.652. The van der Waals surface area contributed by atoms with E-state index in [0.29, 0.717) is 11.5 Å². The summed E-state index contributed by atoms with van der Waals surface area (Å²) in [5.41, 5.74) is 1.72. The van der Waals surface area contributed by atoms with Crippen molar-refractivity contribution in [3.63, 3.8) is 0 Å². The van der Waals surface area contributed by atoms with E-state index < -0.39 is 12.1 Å². The molecule has 3 aromatic carbocycles. The van der Waals surface area contributed by atoms with Gasteiger partial charge in [0, 0.05) is 10.9 Å². The van der Waals surface area contributed by atoms with Crippen LogP contribution in [0.2, 0.25) is 0 Å². The molecule has 4 aromatic rings. The fourth-order valence-electron chi connectivity index (χ4n) is 3.83. The largest absolute Gasteiger partial charge is 0.457 e. The molecule has 1 N–H and O–H groups in total. The van der Waals surface area contributed by atoms with Crippen molar-refractivity contribution in [1.29, 1.82) is 5.26 Å². The van der Waals surface area contributed by atoms with Crippen molar-refractivity contribution in [3.8, 4) is 17.4 Å². The Morgan fingerprint density at radius 3 is 2.48 bits per heavy atom. The zero-order valence-electron chi connectivity index (χ0n) is 16.3. The van der Waals surface area contributed by atoms with E-state index in [1.807, 2.05) is 95.9 Å². The molecule has 0 bridgehead atoms. The Kier molecular flexibility index (Phi) is 4.73. The van der Waals surface area contributed by atoms with Crippen molar-refractivity contribution in [2.24, 2.45) is 0 Å². The molecule has 1 amide bonds. The summed E-state index contributed by atoms with van der Waals surface area (Å²) >= 11 is 4.59. The molecule has 1 unspecified atom stereocenters. The van der Waals surface area contributed by atoms with Crippen molar-refractivity contribution in [3.05, 3.63) is 101 Å². The normalized spacial score (nSPS) is 16.3. The zero-order chi connectivity index (χ0) is 21.4. The number of carbonyl (C=O) groups is 1. The molecule has 1 atom stereocenters. The van der Waals surface area contributed by atoms with Crippen LogP contribution >= 0.6 is 12.6 Å². The molecule has 0 spiro atoms. The number of nitrogens with one attached hydrogen (secondary N) is 1. The molecule has 1 aliphatic rings. The van der Waals surface area contributed by atoms with Gasteiger partial charge in [-0.2, -0.15) is 5.26 Å². The number of nitrogens with zero attached hydrogens (tertiary/aromatic N) is 2. The van der Waals surface area contributed by atoms with Crippen LogP contribution in [0.1, 0.15) is 11.9 Å². The Morgan fingerprint density at radius 1 is 0.935 bits per heavy atom. The molecule has 1 aromatic heterocycles. The fraction of sp³-hybridized carbons (Fsp3) is 0.0400. The number of fused-ring (bicyclic) bond motifs is 1. The number of carbonyl (C=O) groups excluding carboxylic acids is 1. The second-order valence-electron chi connectivity index (χ2n) is 7.12. The number of rotatable bonds is 3. The molecule has 1 aliphatic heterocycles. The number of nitriles is 1. The second kappa shape index (κ2) is 7.71. The number of hydrogen-bond donors (Lipinski definition) is 2. The molecular weight excluding hydrogens is 406 g/mol. The molecule has 0 radical (unpaired) electrons. The standard InChI is InChI=1S/C25H17N3O2S/c26-15-19-24(29)27-23(22-14-13-21(30-22)17-8-2-1-3-9-17)28(25(19)31)20-12-6-10-16-7-4-5-11-18(16)20/h1-14,23,31H,(H,27,29). The van der Waals surface area contributed by atoms with Crippen molar-refractivity contribution >= 4 is 35.0 Å². The third-order valence-electron chi connectivity index (χ3n) is 5.30. The van der Waals surface area contributed by atoms with E-state index in [1.165, 1.54) is 0 Å². The highest BCUT2D eigenvalue weighted by atomic mass is 32.1. The number of amides is 1. The van der Waals surface area contributed by atoms with E-state index in [4.69, 9.17) is 4.42 Å². The van der Waals surface area contributed by atoms with Crippen LogP contribution in [-0.2, 0) is 4.79 Å². The van der Waals surface area contributed by atoms with Crippen LogP contribution in [0.5, 0.6) is 0 Å². The molecule has 2 heterocycles. The SMILES string of the molecule is N#CC1=C(S)N(c2cccc3ccccc23)C(c2ccc(-c3ccccc3)o2)NC1=O. The average Bonchev–Trinajstić information content (AvgIpc) is 3.30. The maximum atomic E-state index is 12.6. The van der Waals surface area contributed by atoms with Crippen LogP contribution < -0.4 is 10.2 Å². The Hall–Kier alpha value is -3.95. The molecule has 0 aliphatic carbocycles. The fourth-order valence-corrected chi connectivity index (χ4v) is 4.21. The van der Waals surface area contributed by atoms with Crippen LogP contribution in [0.4, 0.5) is 5.69 Å². The van der Waals surface area contributed by atoms with Gasteiger partial charge < -0.3 is 14.6 Å². The monoisotopic (exact) mass is 423 g/mol. The number of anilines is 1. The Morgan fingerprint density at radius 2 is 1.68 bits per heavy atom. The third-order valence-corrected chi connectivity index (χ3v) is 5.74. The second-order valence-corrected chi connectivity index (χ2v) is 7.55. The quantitative estimate of drug-likeness (QED) is 0.433. The molecule has 31 heavy (non-hydrogen) atoms. The van der Waals surface area contributed by atoms with E-state index in [2.05, 4.69) is 17.9 Å². The molecule has 150 valence electrons. The van der Waals surface area contributed by atoms with E-state index in [1.54, 1.807) is 0 Å². The topological polar surface area (TPSA) is 69.3 Å². The average molecular weight is 423 g/mol. The van der Waals surface area contributed by atoms with Gasteiger partial charge in [-0.25, -0.2) is 0 Å². The van der Waals surface area contributed by atoms with Gasteiger partial charge in [0.15, 0.2) is 6.17 Å². The maximum absolute atomic E-state index is 12.6. The van der Waals surface area contributed by atoms with E-state index in [0.717, 1.165) is 22.0 Å². The lowest BCUT2D eigenvalue weighted by molar-refractivity contribution is -0.118. The first kappa shape index (κ1) is 19.0. The first-order valence-corrected chi connectivity index (χ1v) is 10.2. The van der Waals surface area contributed by atoms with Crippen LogP contribution in [0, 0.1) is 11.3 Å².